The maximum atomic E-state index is 11.4. The van der Waals surface area contributed by atoms with Crippen molar-refractivity contribution in [3.8, 4) is 0 Å². The molecule has 3 rings (SSSR count). The van der Waals surface area contributed by atoms with E-state index in [1.165, 1.54) is 4.88 Å². The number of hydrogen-bond donors (Lipinski definition) is 0. The van der Waals surface area contributed by atoms with Crippen LogP contribution in [0.25, 0.3) is 10.2 Å². The fourth-order valence-electron chi connectivity index (χ4n) is 2.55. The Balaban J connectivity index is 1.87. The van der Waals surface area contributed by atoms with Gasteiger partial charge in [-0.2, -0.15) is 0 Å². The molecule has 2 aromatic rings. The van der Waals surface area contributed by atoms with E-state index in [4.69, 9.17) is 0 Å². The van der Waals surface area contributed by atoms with Crippen LogP contribution < -0.4 is 4.90 Å². The average molecular weight is 290 g/mol. The van der Waals surface area contributed by atoms with Gasteiger partial charge < -0.3 is 9.80 Å². The van der Waals surface area contributed by atoms with Crippen LogP contribution in [0.3, 0.4) is 0 Å². The van der Waals surface area contributed by atoms with Gasteiger partial charge in [0.2, 0.25) is 5.91 Å². The van der Waals surface area contributed by atoms with E-state index in [9.17, 15) is 4.79 Å². The van der Waals surface area contributed by atoms with Gasteiger partial charge in [-0.05, 0) is 12.5 Å². The summed E-state index contributed by atoms with van der Waals surface area (Å²) in [5.74, 6) is 1.16. The number of rotatable bonds is 2. The molecule has 6 heteroatoms. The van der Waals surface area contributed by atoms with Crippen molar-refractivity contribution in [1.29, 1.82) is 0 Å². The maximum absolute atomic E-state index is 11.4. The zero-order chi connectivity index (χ0) is 14.1. The van der Waals surface area contributed by atoms with Crippen molar-refractivity contribution < 1.29 is 4.79 Å². The molecule has 0 saturated carbocycles. The normalized spacial score (nSPS) is 15.9. The Morgan fingerprint density at radius 3 is 2.70 bits per heavy atom. The number of anilines is 1. The van der Waals surface area contributed by atoms with Crippen molar-refractivity contribution in [1.82, 2.24) is 14.9 Å². The predicted octanol–water partition coefficient (Wildman–Crippen LogP) is 1.92. The second-order valence-electron chi connectivity index (χ2n) is 4.98. The number of thiophene rings is 1. The van der Waals surface area contributed by atoms with Crippen molar-refractivity contribution >= 4 is 33.3 Å². The van der Waals surface area contributed by atoms with Gasteiger partial charge in [0.25, 0.3) is 0 Å². The Kier molecular flexibility index (Phi) is 3.56. The number of nitrogens with zero attached hydrogens (tertiary/aromatic N) is 4. The van der Waals surface area contributed by atoms with Gasteiger partial charge in [0.05, 0.1) is 5.39 Å². The van der Waals surface area contributed by atoms with Gasteiger partial charge in [-0.15, -0.1) is 11.3 Å². The van der Waals surface area contributed by atoms with Crippen LogP contribution in [0.1, 0.15) is 18.7 Å². The molecule has 3 heterocycles. The van der Waals surface area contributed by atoms with E-state index in [0.717, 1.165) is 48.6 Å². The lowest BCUT2D eigenvalue weighted by Gasteiger charge is -2.35. The lowest BCUT2D eigenvalue weighted by molar-refractivity contribution is -0.129. The fraction of sp³-hybridized carbons (Fsp3) is 0.500. The molecule has 1 fully saturated rings. The Bertz CT molecular complexity index is 631. The van der Waals surface area contributed by atoms with Crippen molar-refractivity contribution in [3.63, 3.8) is 0 Å². The number of hydrogen-bond acceptors (Lipinski definition) is 5. The van der Waals surface area contributed by atoms with Crippen LogP contribution in [-0.2, 0) is 11.2 Å². The van der Waals surface area contributed by atoms with Crippen molar-refractivity contribution in [2.45, 2.75) is 20.3 Å². The highest BCUT2D eigenvalue weighted by atomic mass is 32.1. The van der Waals surface area contributed by atoms with E-state index >= 15 is 0 Å². The maximum Gasteiger partial charge on any atom is 0.219 e. The molecule has 0 unspecified atom stereocenters. The zero-order valence-corrected chi connectivity index (χ0v) is 12.6. The van der Waals surface area contributed by atoms with Gasteiger partial charge in [0.15, 0.2) is 0 Å². The third kappa shape index (κ3) is 2.35. The van der Waals surface area contributed by atoms with E-state index in [1.54, 1.807) is 24.6 Å². The summed E-state index contributed by atoms with van der Waals surface area (Å²) in [4.78, 5) is 26.8. The molecule has 2 aromatic heterocycles. The van der Waals surface area contributed by atoms with E-state index < -0.39 is 0 Å². The molecular formula is C14H18N4OS. The Morgan fingerprint density at radius 1 is 1.30 bits per heavy atom. The zero-order valence-electron chi connectivity index (χ0n) is 11.8. The lowest BCUT2D eigenvalue weighted by Crippen LogP contribution is -2.48. The molecule has 106 valence electrons. The van der Waals surface area contributed by atoms with E-state index in [0.29, 0.717) is 0 Å². The second-order valence-corrected chi connectivity index (χ2v) is 6.09. The quantitative estimate of drug-likeness (QED) is 0.848. The fourth-order valence-corrected chi connectivity index (χ4v) is 3.48. The first-order chi connectivity index (χ1) is 9.69. The van der Waals surface area contributed by atoms with E-state index in [1.807, 2.05) is 4.90 Å². The molecule has 1 aliphatic heterocycles. The molecular weight excluding hydrogens is 272 g/mol. The van der Waals surface area contributed by atoms with Crippen LogP contribution in [0.2, 0.25) is 0 Å². The number of carbonyl (C=O) groups is 1. The summed E-state index contributed by atoms with van der Waals surface area (Å²) in [7, 11) is 0. The van der Waals surface area contributed by atoms with Gasteiger partial charge in [-0.25, -0.2) is 9.97 Å². The summed E-state index contributed by atoms with van der Waals surface area (Å²) in [6, 6.07) is 2.20. The number of fused-ring (bicyclic) bond motifs is 1. The number of aryl methyl sites for hydroxylation is 1. The molecule has 0 aromatic carbocycles. The third-order valence-corrected chi connectivity index (χ3v) is 4.92. The van der Waals surface area contributed by atoms with Crippen LogP contribution in [0, 0.1) is 0 Å². The summed E-state index contributed by atoms with van der Waals surface area (Å²) in [6.45, 7) is 7.00. The first-order valence-electron chi connectivity index (χ1n) is 6.93. The highest BCUT2D eigenvalue weighted by molar-refractivity contribution is 7.18. The number of amides is 1. The summed E-state index contributed by atoms with van der Waals surface area (Å²) >= 11 is 1.74. The van der Waals surface area contributed by atoms with E-state index in [2.05, 4.69) is 27.9 Å². The molecule has 5 nitrogen and oxygen atoms in total. The second kappa shape index (κ2) is 5.36. The van der Waals surface area contributed by atoms with Gasteiger partial charge >= 0.3 is 0 Å². The number of piperazine rings is 1. The van der Waals surface area contributed by atoms with Crippen LogP contribution in [0.15, 0.2) is 12.4 Å². The number of aromatic nitrogens is 2. The summed E-state index contributed by atoms with van der Waals surface area (Å²) in [5.41, 5.74) is 0. The standard InChI is InChI=1S/C14H18N4OS/c1-3-11-8-12-13(15-9-16-14(12)20-11)18-6-4-17(5-7-18)10(2)19/h8-9H,3-7H2,1-2H3. The summed E-state index contributed by atoms with van der Waals surface area (Å²) in [5, 5.41) is 1.14. The summed E-state index contributed by atoms with van der Waals surface area (Å²) < 4.78 is 0. The topological polar surface area (TPSA) is 49.3 Å². The largest absolute Gasteiger partial charge is 0.352 e. The van der Waals surface area contributed by atoms with Crippen LogP contribution in [0.4, 0.5) is 5.82 Å². The molecule has 20 heavy (non-hydrogen) atoms. The molecule has 0 N–H and O–H groups in total. The van der Waals surface area contributed by atoms with Crippen LogP contribution >= 0.6 is 11.3 Å². The molecule has 0 atom stereocenters. The van der Waals surface area contributed by atoms with Crippen molar-refractivity contribution in [2.75, 3.05) is 31.1 Å². The van der Waals surface area contributed by atoms with Crippen molar-refractivity contribution in [2.24, 2.45) is 0 Å². The SMILES string of the molecule is CCc1cc2c(N3CCN(C(C)=O)CC3)ncnc2s1. The van der Waals surface area contributed by atoms with Crippen LogP contribution in [0.5, 0.6) is 0 Å². The first-order valence-corrected chi connectivity index (χ1v) is 7.74. The highest BCUT2D eigenvalue weighted by Gasteiger charge is 2.21. The van der Waals surface area contributed by atoms with Gasteiger partial charge in [-0.3, -0.25) is 4.79 Å². The molecule has 0 radical (unpaired) electrons. The minimum Gasteiger partial charge on any atom is -0.352 e. The molecule has 0 bridgehead atoms. The van der Waals surface area contributed by atoms with Gasteiger partial charge in [0.1, 0.15) is 17.0 Å². The highest BCUT2D eigenvalue weighted by Crippen LogP contribution is 2.30. The molecule has 1 aliphatic rings. The van der Waals surface area contributed by atoms with Gasteiger partial charge in [-0.1, -0.05) is 6.92 Å². The Labute approximate surface area is 122 Å². The third-order valence-electron chi connectivity index (χ3n) is 3.73. The number of carbonyl (C=O) groups excluding carboxylic acids is 1. The molecule has 1 amide bonds. The minimum absolute atomic E-state index is 0.154. The minimum atomic E-state index is 0.154. The molecule has 0 aliphatic carbocycles. The Hall–Kier alpha value is -1.69. The summed E-state index contributed by atoms with van der Waals surface area (Å²) in [6.07, 6.45) is 2.67. The predicted molar refractivity (Wildman–Crippen MR) is 81.3 cm³/mol. The molecule has 0 spiro atoms. The van der Waals surface area contributed by atoms with Crippen molar-refractivity contribution in [3.05, 3.63) is 17.3 Å². The van der Waals surface area contributed by atoms with Crippen LogP contribution in [-0.4, -0.2) is 47.0 Å². The molecule has 1 saturated heterocycles. The lowest BCUT2D eigenvalue weighted by atomic mass is 10.2. The van der Waals surface area contributed by atoms with Gasteiger partial charge in [0, 0.05) is 38.0 Å². The first kappa shape index (κ1) is 13.3. The monoisotopic (exact) mass is 290 g/mol. The van der Waals surface area contributed by atoms with E-state index in [-0.39, 0.29) is 5.91 Å². The Morgan fingerprint density at radius 2 is 2.05 bits per heavy atom. The average Bonchev–Trinajstić information content (AvgIpc) is 2.90. The smallest absolute Gasteiger partial charge is 0.219 e.